The fraction of sp³-hybridized carbons (Fsp3) is 0. The largest absolute Gasteiger partial charge is 0.439 e. The number of aromatic nitrogens is 3. The number of nitro groups is 1. The lowest BCUT2D eigenvalue weighted by Gasteiger charge is -2.06. The standard InChI is InChI=1S/C18H12N4O4/c23-22(24)18-17(20-15-5-2-4-12-21(15)18)26-14-9-7-13(8-10-14)25-16-6-1-3-11-19-16/h1-12H. The van der Waals surface area contributed by atoms with Crippen LogP contribution in [0.3, 0.4) is 0 Å². The van der Waals surface area contributed by atoms with Crippen molar-refractivity contribution in [3.63, 3.8) is 0 Å². The van der Waals surface area contributed by atoms with Gasteiger partial charge in [-0.15, -0.1) is 0 Å². The van der Waals surface area contributed by atoms with Crippen molar-refractivity contribution in [1.82, 2.24) is 14.4 Å². The Morgan fingerprint density at radius 3 is 2.35 bits per heavy atom. The number of rotatable bonds is 5. The molecule has 0 aliphatic carbocycles. The van der Waals surface area contributed by atoms with Crippen molar-refractivity contribution in [2.24, 2.45) is 0 Å². The van der Waals surface area contributed by atoms with Crippen molar-refractivity contribution in [2.45, 2.75) is 0 Å². The zero-order valence-electron chi connectivity index (χ0n) is 13.4. The maximum Gasteiger partial charge on any atom is 0.392 e. The van der Waals surface area contributed by atoms with Crippen LogP contribution in [0.5, 0.6) is 23.3 Å². The van der Waals surface area contributed by atoms with E-state index in [2.05, 4.69) is 9.97 Å². The quantitative estimate of drug-likeness (QED) is 0.396. The number of nitrogens with zero attached hydrogens (tertiary/aromatic N) is 4. The highest BCUT2D eigenvalue weighted by Gasteiger charge is 2.24. The van der Waals surface area contributed by atoms with Gasteiger partial charge in [0.1, 0.15) is 11.5 Å². The number of hydrogen-bond donors (Lipinski definition) is 0. The molecule has 0 saturated heterocycles. The zero-order chi connectivity index (χ0) is 17.9. The lowest BCUT2D eigenvalue weighted by molar-refractivity contribution is -0.391. The van der Waals surface area contributed by atoms with Gasteiger partial charge in [0.2, 0.25) is 11.5 Å². The molecule has 0 amide bonds. The van der Waals surface area contributed by atoms with Crippen molar-refractivity contribution in [3.05, 3.63) is 83.2 Å². The summed E-state index contributed by atoms with van der Waals surface area (Å²) >= 11 is 0. The smallest absolute Gasteiger partial charge is 0.392 e. The number of ether oxygens (including phenoxy) is 2. The topological polar surface area (TPSA) is 91.8 Å². The maximum absolute atomic E-state index is 11.4. The predicted octanol–water partition coefficient (Wildman–Crippen LogP) is 4.22. The Morgan fingerprint density at radius 2 is 1.65 bits per heavy atom. The Kier molecular flexibility index (Phi) is 3.91. The molecular formula is C18H12N4O4. The second-order valence-electron chi connectivity index (χ2n) is 5.27. The first-order chi connectivity index (χ1) is 12.7. The van der Waals surface area contributed by atoms with E-state index < -0.39 is 4.92 Å². The van der Waals surface area contributed by atoms with E-state index in [1.165, 1.54) is 4.40 Å². The molecule has 4 rings (SSSR count). The fourth-order valence-corrected chi connectivity index (χ4v) is 2.41. The van der Waals surface area contributed by atoms with Crippen LogP contribution in [0.2, 0.25) is 0 Å². The van der Waals surface area contributed by atoms with E-state index in [-0.39, 0.29) is 11.7 Å². The molecule has 1 aromatic carbocycles. The van der Waals surface area contributed by atoms with Gasteiger partial charge in [-0.1, -0.05) is 12.1 Å². The molecule has 4 aromatic rings. The highest BCUT2D eigenvalue weighted by atomic mass is 16.6. The predicted molar refractivity (Wildman–Crippen MR) is 92.7 cm³/mol. The Morgan fingerprint density at radius 1 is 0.923 bits per heavy atom. The summed E-state index contributed by atoms with van der Waals surface area (Å²) in [5.41, 5.74) is 0.435. The SMILES string of the molecule is O=[N+]([O-])c1c(Oc2ccc(Oc3ccccn3)cc2)nc2ccccn12. The van der Waals surface area contributed by atoms with Gasteiger partial charge in [-0.25, -0.2) is 4.98 Å². The molecule has 26 heavy (non-hydrogen) atoms. The summed E-state index contributed by atoms with van der Waals surface area (Å²) in [5.74, 6) is 1.15. The fourth-order valence-electron chi connectivity index (χ4n) is 2.41. The maximum atomic E-state index is 11.4. The molecule has 8 nitrogen and oxygen atoms in total. The van der Waals surface area contributed by atoms with Crippen LogP contribution in [0.25, 0.3) is 5.65 Å². The van der Waals surface area contributed by atoms with Crippen LogP contribution >= 0.6 is 0 Å². The van der Waals surface area contributed by atoms with Gasteiger partial charge in [0.05, 0.1) is 6.20 Å². The zero-order valence-corrected chi connectivity index (χ0v) is 13.4. The van der Waals surface area contributed by atoms with Gasteiger partial charge in [0.15, 0.2) is 0 Å². The minimum atomic E-state index is -0.520. The van der Waals surface area contributed by atoms with Gasteiger partial charge in [0, 0.05) is 18.3 Å². The van der Waals surface area contributed by atoms with E-state index in [4.69, 9.17) is 9.47 Å². The first-order valence-corrected chi connectivity index (χ1v) is 7.69. The van der Waals surface area contributed by atoms with Crippen molar-refractivity contribution in [1.29, 1.82) is 0 Å². The van der Waals surface area contributed by atoms with E-state index in [9.17, 15) is 10.1 Å². The summed E-state index contributed by atoms with van der Waals surface area (Å²) in [5, 5.41) is 11.4. The Hall–Kier alpha value is -3.94. The van der Waals surface area contributed by atoms with Crippen LogP contribution in [0.15, 0.2) is 73.1 Å². The van der Waals surface area contributed by atoms with Crippen LogP contribution < -0.4 is 9.47 Å². The van der Waals surface area contributed by atoms with Crippen molar-refractivity contribution < 1.29 is 14.4 Å². The summed E-state index contributed by atoms with van der Waals surface area (Å²) in [6, 6.07) is 17.1. The van der Waals surface area contributed by atoms with Crippen LogP contribution in [0, 0.1) is 10.1 Å². The van der Waals surface area contributed by atoms with Crippen LogP contribution in [0.4, 0.5) is 5.82 Å². The molecule has 0 atom stereocenters. The first kappa shape index (κ1) is 15.6. The molecule has 3 heterocycles. The average Bonchev–Trinajstić information content (AvgIpc) is 3.02. The third-order valence-corrected chi connectivity index (χ3v) is 3.55. The molecular weight excluding hydrogens is 336 g/mol. The first-order valence-electron chi connectivity index (χ1n) is 7.69. The highest BCUT2D eigenvalue weighted by Crippen LogP contribution is 2.32. The molecule has 0 fully saturated rings. The van der Waals surface area contributed by atoms with Gasteiger partial charge in [0.25, 0.3) is 0 Å². The second kappa shape index (κ2) is 6.52. The minimum absolute atomic E-state index is 0.0698. The number of hydrogen-bond acceptors (Lipinski definition) is 6. The van der Waals surface area contributed by atoms with Gasteiger partial charge in [-0.2, -0.15) is 9.38 Å². The minimum Gasteiger partial charge on any atom is -0.439 e. The molecule has 0 aliphatic heterocycles. The average molecular weight is 348 g/mol. The third-order valence-electron chi connectivity index (χ3n) is 3.55. The van der Waals surface area contributed by atoms with Gasteiger partial charge < -0.3 is 19.6 Å². The summed E-state index contributed by atoms with van der Waals surface area (Å²) < 4.78 is 12.6. The van der Waals surface area contributed by atoms with Crippen LogP contribution in [-0.4, -0.2) is 19.3 Å². The number of benzene rings is 1. The molecule has 0 spiro atoms. The molecule has 0 N–H and O–H groups in total. The van der Waals surface area contributed by atoms with E-state index in [0.717, 1.165) is 0 Å². The van der Waals surface area contributed by atoms with Crippen molar-refractivity contribution >= 4 is 11.5 Å². The normalized spacial score (nSPS) is 10.6. The van der Waals surface area contributed by atoms with E-state index in [1.54, 1.807) is 67.0 Å². The third kappa shape index (κ3) is 3.03. The Balaban J connectivity index is 1.59. The number of pyridine rings is 2. The molecule has 0 bridgehead atoms. The molecule has 0 radical (unpaired) electrons. The molecule has 128 valence electrons. The Labute approximate surface area is 147 Å². The summed E-state index contributed by atoms with van der Waals surface area (Å²) in [4.78, 5) is 19.1. The van der Waals surface area contributed by atoms with Gasteiger partial charge in [-0.3, -0.25) is 0 Å². The van der Waals surface area contributed by atoms with Gasteiger partial charge in [-0.05, 0) is 41.3 Å². The van der Waals surface area contributed by atoms with E-state index >= 15 is 0 Å². The number of fused-ring (bicyclic) bond motifs is 1. The summed E-state index contributed by atoms with van der Waals surface area (Å²) in [6.07, 6.45) is 3.20. The molecule has 8 heteroatoms. The molecule has 0 unspecified atom stereocenters. The summed E-state index contributed by atoms with van der Waals surface area (Å²) in [7, 11) is 0. The molecule has 0 saturated carbocycles. The molecule has 3 aromatic heterocycles. The highest BCUT2D eigenvalue weighted by molar-refractivity contribution is 5.53. The second-order valence-corrected chi connectivity index (χ2v) is 5.27. The lowest BCUT2D eigenvalue weighted by atomic mass is 10.3. The monoisotopic (exact) mass is 348 g/mol. The van der Waals surface area contributed by atoms with Gasteiger partial charge >= 0.3 is 11.7 Å². The van der Waals surface area contributed by atoms with Crippen LogP contribution in [0.1, 0.15) is 0 Å². The van der Waals surface area contributed by atoms with E-state index in [1.807, 2.05) is 6.07 Å². The Bertz CT molecular complexity index is 1060. The van der Waals surface area contributed by atoms with Crippen molar-refractivity contribution in [3.8, 4) is 23.3 Å². The lowest BCUT2D eigenvalue weighted by Crippen LogP contribution is -1.96. The summed E-state index contributed by atoms with van der Waals surface area (Å²) in [6.45, 7) is 0. The van der Waals surface area contributed by atoms with Crippen molar-refractivity contribution in [2.75, 3.05) is 0 Å². The number of imidazole rings is 1. The molecule has 0 aliphatic rings. The van der Waals surface area contributed by atoms with Crippen LogP contribution in [-0.2, 0) is 0 Å². The van der Waals surface area contributed by atoms with E-state index in [0.29, 0.717) is 23.0 Å².